The second-order valence-electron chi connectivity index (χ2n) is 14.1. The van der Waals surface area contributed by atoms with Crippen LogP contribution < -0.4 is 5.32 Å². The highest BCUT2D eigenvalue weighted by Gasteiger charge is 2.28. The highest BCUT2D eigenvalue weighted by atomic mass is 32.2. The van der Waals surface area contributed by atoms with Gasteiger partial charge in [-0.2, -0.15) is 0 Å². The van der Waals surface area contributed by atoms with E-state index in [4.69, 9.17) is 9.47 Å². The molecular weight excluding hydrogens is 713 g/mol. The molecule has 53 heavy (non-hydrogen) atoms. The normalized spacial score (nSPS) is 12.9. The van der Waals surface area contributed by atoms with Gasteiger partial charge in [-0.1, -0.05) is 36.4 Å². The van der Waals surface area contributed by atoms with Crippen LogP contribution in [0.1, 0.15) is 97.6 Å². The van der Waals surface area contributed by atoms with Crippen molar-refractivity contribution in [2.24, 2.45) is 0 Å². The summed E-state index contributed by atoms with van der Waals surface area (Å²) in [5.41, 5.74) is 4.40. The van der Waals surface area contributed by atoms with E-state index in [-0.39, 0.29) is 47.5 Å². The molecule has 12 heteroatoms. The van der Waals surface area contributed by atoms with Gasteiger partial charge in [-0.05, 0) is 112 Å². The molecule has 0 unspecified atom stereocenters. The summed E-state index contributed by atoms with van der Waals surface area (Å²) >= 11 is 1.48. The number of aryl methyl sites for hydroxylation is 3. The van der Waals surface area contributed by atoms with E-state index in [1.54, 1.807) is 39.0 Å². The van der Waals surface area contributed by atoms with Crippen molar-refractivity contribution in [3.05, 3.63) is 116 Å². The largest absolute Gasteiger partial charge is 0.465 e. The number of esters is 2. The molecular formula is C41H46N2O8S2. The molecule has 0 spiro atoms. The molecule has 1 heterocycles. The summed E-state index contributed by atoms with van der Waals surface area (Å²) in [6.45, 7) is 5.16. The zero-order chi connectivity index (χ0) is 38.3. The van der Waals surface area contributed by atoms with E-state index in [9.17, 15) is 27.6 Å². The van der Waals surface area contributed by atoms with Crippen LogP contribution in [-0.2, 0) is 56.4 Å². The number of nitrogens with one attached hydrogen (secondary N) is 1. The van der Waals surface area contributed by atoms with Crippen LogP contribution in [0, 0.1) is 0 Å². The molecule has 0 radical (unpaired) electrons. The summed E-state index contributed by atoms with van der Waals surface area (Å²) in [5.74, 6) is -1.44. The summed E-state index contributed by atoms with van der Waals surface area (Å²) in [6.07, 6.45) is 4.98. The summed E-state index contributed by atoms with van der Waals surface area (Å²) in [6, 6.07) is 20.9. The summed E-state index contributed by atoms with van der Waals surface area (Å²) in [5, 5.41) is 3.04. The second-order valence-corrected chi connectivity index (χ2v) is 17.4. The maximum atomic E-state index is 13.9. The molecule has 1 aromatic heterocycles. The number of sulfonamides is 1. The lowest BCUT2D eigenvalue weighted by molar-refractivity contribution is -0.154. The van der Waals surface area contributed by atoms with Crippen LogP contribution in [0.15, 0.2) is 77.7 Å². The Kier molecular flexibility index (Phi) is 12.7. The van der Waals surface area contributed by atoms with Crippen molar-refractivity contribution in [3.8, 4) is 0 Å². The van der Waals surface area contributed by atoms with Gasteiger partial charge in [-0.3, -0.25) is 14.4 Å². The molecule has 0 fully saturated rings. The minimum atomic E-state index is -4.00. The Morgan fingerprint density at radius 3 is 2.15 bits per heavy atom. The number of nitrogens with zero attached hydrogens (tertiary/aromatic N) is 1. The number of fused-ring (bicyclic) bond motifs is 1. The molecule has 0 atom stereocenters. The molecule has 4 aromatic rings. The standard InChI is InChI=1S/C41H46N2O8S2/c1-41(2,3)51-37(45)23-24-43(4)53(48,49)32-10-8-9-30(25-32)34(44)26-36-38(33-11-6-7-12-35(33)52-36)39(46)42-31-21-17-28(18-22-31)14-13-27-15-19-29(20-16-27)40(47)50-5/h8-10,15-22,25H,6-7,11-14,23-24,26H2,1-5H3,(H,42,46). The fraction of sp³-hybridized carbons (Fsp3) is 0.366. The van der Waals surface area contributed by atoms with E-state index in [2.05, 4.69) is 5.32 Å². The van der Waals surface area contributed by atoms with Crippen molar-refractivity contribution < 1.29 is 37.1 Å². The Balaban J connectivity index is 1.26. The van der Waals surface area contributed by atoms with Gasteiger partial charge in [0.1, 0.15) is 5.60 Å². The smallest absolute Gasteiger partial charge is 0.337 e. The van der Waals surface area contributed by atoms with E-state index in [1.165, 1.54) is 43.7 Å². The van der Waals surface area contributed by atoms with Gasteiger partial charge in [-0.25, -0.2) is 17.5 Å². The third kappa shape index (κ3) is 10.3. The van der Waals surface area contributed by atoms with Gasteiger partial charge in [-0.15, -0.1) is 11.3 Å². The predicted molar refractivity (Wildman–Crippen MR) is 205 cm³/mol. The topological polar surface area (TPSA) is 136 Å². The number of methoxy groups -OCH3 is 1. The van der Waals surface area contributed by atoms with Crippen molar-refractivity contribution in [2.45, 2.75) is 82.6 Å². The lowest BCUT2D eigenvalue weighted by Crippen LogP contribution is -2.31. The van der Waals surface area contributed by atoms with E-state index in [1.807, 2.05) is 36.4 Å². The average molecular weight is 759 g/mol. The van der Waals surface area contributed by atoms with E-state index in [0.717, 1.165) is 64.4 Å². The Morgan fingerprint density at radius 2 is 1.51 bits per heavy atom. The molecule has 1 amide bonds. The van der Waals surface area contributed by atoms with Crippen molar-refractivity contribution >= 4 is 50.7 Å². The SMILES string of the molecule is COC(=O)c1ccc(CCc2ccc(NC(=O)c3c(CC(=O)c4cccc(S(=O)(=O)N(C)CCC(=O)OC(C)(C)C)c4)sc4c3CCCC4)cc2)cc1. The van der Waals surface area contributed by atoms with Gasteiger partial charge in [0.05, 0.1) is 29.6 Å². The van der Waals surface area contributed by atoms with Gasteiger partial charge in [0.25, 0.3) is 5.91 Å². The summed E-state index contributed by atoms with van der Waals surface area (Å²) in [7, 11) is -1.25. The molecule has 0 aliphatic heterocycles. The summed E-state index contributed by atoms with van der Waals surface area (Å²) in [4.78, 5) is 53.2. The number of hydrogen-bond donors (Lipinski definition) is 1. The Morgan fingerprint density at radius 1 is 0.868 bits per heavy atom. The Bertz CT molecular complexity index is 2080. The molecule has 5 rings (SSSR count). The highest BCUT2D eigenvalue weighted by Crippen LogP contribution is 2.36. The molecule has 1 aliphatic carbocycles. The van der Waals surface area contributed by atoms with Crippen LogP contribution >= 0.6 is 11.3 Å². The van der Waals surface area contributed by atoms with E-state index >= 15 is 0 Å². The Labute approximate surface area is 315 Å². The number of amides is 1. The number of benzene rings is 3. The number of thiophene rings is 1. The maximum absolute atomic E-state index is 13.9. The van der Waals surface area contributed by atoms with Gasteiger partial charge < -0.3 is 14.8 Å². The zero-order valence-corrected chi connectivity index (χ0v) is 32.5. The molecule has 280 valence electrons. The first-order valence-corrected chi connectivity index (χ1v) is 19.9. The minimum absolute atomic E-state index is 0.0437. The van der Waals surface area contributed by atoms with Crippen molar-refractivity contribution in [2.75, 3.05) is 26.0 Å². The van der Waals surface area contributed by atoms with Crippen molar-refractivity contribution in [3.63, 3.8) is 0 Å². The molecule has 10 nitrogen and oxygen atoms in total. The number of carbonyl (C=O) groups is 4. The Hall–Kier alpha value is -4.65. The average Bonchev–Trinajstić information content (AvgIpc) is 3.50. The first-order chi connectivity index (χ1) is 25.1. The first-order valence-electron chi connectivity index (χ1n) is 17.7. The molecule has 0 saturated heterocycles. The van der Waals surface area contributed by atoms with Gasteiger partial charge >= 0.3 is 11.9 Å². The number of rotatable bonds is 14. The van der Waals surface area contributed by atoms with Gasteiger partial charge in [0.15, 0.2) is 5.78 Å². The highest BCUT2D eigenvalue weighted by molar-refractivity contribution is 7.89. The fourth-order valence-corrected chi connectivity index (χ4v) is 8.80. The van der Waals surface area contributed by atoms with E-state index in [0.29, 0.717) is 21.7 Å². The number of hydrogen-bond acceptors (Lipinski definition) is 9. The second kappa shape index (κ2) is 17.0. The zero-order valence-electron chi connectivity index (χ0n) is 30.8. The van der Waals surface area contributed by atoms with E-state index < -0.39 is 21.6 Å². The van der Waals surface area contributed by atoms with Crippen LogP contribution in [0.25, 0.3) is 0 Å². The van der Waals surface area contributed by atoms with Gasteiger partial charge in [0.2, 0.25) is 10.0 Å². The number of carbonyl (C=O) groups excluding carboxylic acids is 4. The monoisotopic (exact) mass is 758 g/mol. The lowest BCUT2D eigenvalue weighted by Gasteiger charge is -2.21. The summed E-state index contributed by atoms with van der Waals surface area (Å²) < 4.78 is 37.9. The van der Waals surface area contributed by atoms with Crippen LogP contribution in [0.4, 0.5) is 5.69 Å². The number of anilines is 1. The molecule has 0 saturated carbocycles. The maximum Gasteiger partial charge on any atom is 0.337 e. The van der Waals surface area contributed by atoms with Gasteiger partial charge in [0, 0.05) is 41.0 Å². The van der Waals surface area contributed by atoms with Crippen LogP contribution in [0.2, 0.25) is 0 Å². The minimum Gasteiger partial charge on any atom is -0.465 e. The van der Waals surface area contributed by atoms with Crippen molar-refractivity contribution in [1.82, 2.24) is 4.31 Å². The first kappa shape index (κ1) is 39.6. The quantitative estimate of drug-likeness (QED) is 0.105. The molecule has 1 N–H and O–H groups in total. The number of ether oxygens (including phenoxy) is 2. The predicted octanol–water partition coefficient (Wildman–Crippen LogP) is 7.23. The lowest BCUT2D eigenvalue weighted by atomic mass is 9.93. The third-order valence-corrected chi connectivity index (χ3v) is 12.1. The van der Waals surface area contributed by atoms with Crippen molar-refractivity contribution in [1.29, 1.82) is 0 Å². The number of Topliss-reactive ketones (excluding diaryl/α,β-unsaturated/α-hetero) is 1. The van der Waals surface area contributed by atoms with Crippen LogP contribution in [0.5, 0.6) is 0 Å². The third-order valence-electron chi connectivity index (χ3n) is 9.00. The molecule has 3 aromatic carbocycles. The fourth-order valence-electron chi connectivity index (χ4n) is 6.19. The molecule has 0 bridgehead atoms. The van der Waals surface area contributed by atoms with Crippen LogP contribution in [-0.4, -0.2) is 62.7 Å². The van der Waals surface area contributed by atoms with Crippen LogP contribution in [0.3, 0.4) is 0 Å². The molecule has 1 aliphatic rings. The number of ketones is 1.